The molecule has 0 aliphatic heterocycles. The number of nitrogen functional groups attached to an aromatic ring is 1. The fraction of sp³-hybridized carbons (Fsp3) is 0.417. The third kappa shape index (κ3) is 5.33. The number of nitrogens with two attached hydrogens (primary N) is 1. The van der Waals surface area contributed by atoms with Crippen molar-refractivity contribution in [3.8, 4) is 0 Å². The monoisotopic (exact) mass is 238 g/mol. The number of anilines is 1. The van der Waals surface area contributed by atoms with E-state index in [1.54, 1.807) is 6.07 Å². The highest BCUT2D eigenvalue weighted by Crippen LogP contribution is 2.08. The molecule has 5 N–H and O–H groups in total. The van der Waals surface area contributed by atoms with Crippen molar-refractivity contribution in [3.63, 3.8) is 0 Å². The normalized spacial score (nSPS) is 12.1. The van der Waals surface area contributed by atoms with Gasteiger partial charge in [-0.25, -0.2) is 0 Å². The summed E-state index contributed by atoms with van der Waals surface area (Å²) in [6.45, 7) is -0.276. The Morgan fingerprint density at radius 3 is 2.88 bits per heavy atom. The van der Waals surface area contributed by atoms with Crippen LogP contribution in [0.25, 0.3) is 0 Å². The van der Waals surface area contributed by atoms with Crippen molar-refractivity contribution in [1.82, 2.24) is 5.32 Å². The summed E-state index contributed by atoms with van der Waals surface area (Å²) in [5.41, 5.74) is 7.30. The highest BCUT2D eigenvalue weighted by atomic mass is 16.3. The summed E-state index contributed by atoms with van der Waals surface area (Å²) in [4.78, 5) is 11.4. The van der Waals surface area contributed by atoms with Crippen molar-refractivity contribution in [2.24, 2.45) is 0 Å². The lowest BCUT2D eigenvalue weighted by Gasteiger charge is -2.09. The Bertz CT molecular complexity index is 369. The van der Waals surface area contributed by atoms with Gasteiger partial charge in [-0.2, -0.15) is 0 Å². The lowest BCUT2D eigenvalue weighted by molar-refractivity contribution is -0.121. The van der Waals surface area contributed by atoms with Crippen LogP contribution in [0.1, 0.15) is 12.0 Å². The molecule has 94 valence electrons. The van der Waals surface area contributed by atoms with Gasteiger partial charge in [0.25, 0.3) is 0 Å². The van der Waals surface area contributed by atoms with Gasteiger partial charge in [-0.3, -0.25) is 4.79 Å². The van der Waals surface area contributed by atoms with Gasteiger partial charge in [0.05, 0.1) is 12.7 Å². The Kier molecular flexibility index (Phi) is 5.45. The number of aliphatic hydroxyl groups excluding tert-OH is 2. The highest BCUT2D eigenvalue weighted by Gasteiger charge is 2.06. The number of hydrogen-bond acceptors (Lipinski definition) is 4. The second-order valence-electron chi connectivity index (χ2n) is 3.89. The van der Waals surface area contributed by atoms with E-state index < -0.39 is 6.10 Å². The zero-order valence-corrected chi connectivity index (χ0v) is 9.60. The van der Waals surface area contributed by atoms with Crippen molar-refractivity contribution < 1.29 is 15.0 Å². The van der Waals surface area contributed by atoms with Gasteiger partial charge in [0, 0.05) is 18.7 Å². The second-order valence-corrected chi connectivity index (χ2v) is 3.89. The molecule has 1 amide bonds. The van der Waals surface area contributed by atoms with E-state index in [2.05, 4.69) is 5.32 Å². The summed E-state index contributed by atoms with van der Waals surface area (Å²) in [6.07, 6.45) is 0.0413. The van der Waals surface area contributed by atoms with Crippen molar-refractivity contribution >= 4 is 11.6 Å². The molecule has 1 rings (SSSR count). The molecular formula is C12H18N2O3. The maximum Gasteiger partial charge on any atom is 0.220 e. The summed E-state index contributed by atoms with van der Waals surface area (Å²) in [5, 5.41) is 20.2. The molecule has 0 radical (unpaired) electrons. The first-order valence-corrected chi connectivity index (χ1v) is 5.52. The summed E-state index contributed by atoms with van der Waals surface area (Å²) in [7, 11) is 0. The van der Waals surface area contributed by atoms with E-state index in [1.807, 2.05) is 18.2 Å². The smallest absolute Gasteiger partial charge is 0.220 e. The first-order chi connectivity index (χ1) is 8.11. The molecule has 17 heavy (non-hydrogen) atoms. The Morgan fingerprint density at radius 1 is 1.47 bits per heavy atom. The van der Waals surface area contributed by atoms with Crippen LogP contribution in [0.2, 0.25) is 0 Å². The van der Waals surface area contributed by atoms with Gasteiger partial charge < -0.3 is 21.3 Å². The number of aryl methyl sites for hydroxylation is 1. The first kappa shape index (κ1) is 13.5. The van der Waals surface area contributed by atoms with Crippen LogP contribution in [-0.2, 0) is 11.2 Å². The Balaban J connectivity index is 2.28. The molecular weight excluding hydrogens is 220 g/mol. The van der Waals surface area contributed by atoms with Crippen LogP contribution in [0.15, 0.2) is 24.3 Å². The summed E-state index contributed by atoms with van der Waals surface area (Å²) >= 11 is 0. The molecule has 0 aliphatic carbocycles. The van der Waals surface area contributed by atoms with Crippen LogP contribution in [0.3, 0.4) is 0 Å². The van der Waals surface area contributed by atoms with Crippen LogP contribution in [0.4, 0.5) is 5.69 Å². The molecule has 5 nitrogen and oxygen atoms in total. The van der Waals surface area contributed by atoms with Crippen LogP contribution < -0.4 is 11.1 Å². The molecule has 1 aromatic carbocycles. The molecule has 0 fully saturated rings. The van der Waals surface area contributed by atoms with E-state index in [0.717, 1.165) is 5.56 Å². The summed E-state index contributed by atoms with van der Waals surface area (Å²) < 4.78 is 0. The quantitative estimate of drug-likeness (QED) is 0.510. The fourth-order valence-corrected chi connectivity index (χ4v) is 1.39. The van der Waals surface area contributed by atoms with Gasteiger partial charge in [0.1, 0.15) is 0 Å². The van der Waals surface area contributed by atoms with Gasteiger partial charge in [0.2, 0.25) is 5.91 Å². The van der Waals surface area contributed by atoms with Crippen LogP contribution in [0, 0.1) is 0 Å². The summed E-state index contributed by atoms with van der Waals surface area (Å²) in [5.74, 6) is -0.153. The number of carbonyl (C=O) groups excluding carboxylic acids is 1. The highest BCUT2D eigenvalue weighted by molar-refractivity contribution is 5.76. The molecule has 0 saturated carbocycles. The molecule has 0 aromatic heterocycles. The van der Waals surface area contributed by atoms with Gasteiger partial charge in [0.15, 0.2) is 0 Å². The number of carbonyl (C=O) groups is 1. The maximum atomic E-state index is 11.4. The van der Waals surface area contributed by atoms with Crippen LogP contribution in [-0.4, -0.2) is 35.4 Å². The number of aliphatic hydroxyl groups is 2. The first-order valence-electron chi connectivity index (χ1n) is 5.52. The average Bonchev–Trinajstić information content (AvgIpc) is 2.33. The number of rotatable bonds is 6. The molecule has 5 heteroatoms. The van der Waals surface area contributed by atoms with Gasteiger partial charge in [-0.15, -0.1) is 0 Å². The van der Waals surface area contributed by atoms with E-state index in [1.165, 1.54) is 0 Å². The van der Waals surface area contributed by atoms with E-state index in [-0.39, 0.29) is 19.1 Å². The molecule has 1 atom stereocenters. The zero-order chi connectivity index (χ0) is 12.7. The third-order valence-corrected chi connectivity index (χ3v) is 2.34. The standard InChI is InChI=1S/C12H18N2O3/c13-10-3-1-2-9(6-10)4-5-12(17)14-7-11(16)8-15/h1-3,6,11,15-16H,4-5,7-8,13H2,(H,14,17). The lowest BCUT2D eigenvalue weighted by Crippen LogP contribution is -2.33. The molecule has 0 aliphatic rings. The lowest BCUT2D eigenvalue weighted by atomic mass is 10.1. The van der Waals surface area contributed by atoms with Crippen molar-refractivity contribution in [3.05, 3.63) is 29.8 Å². The number of nitrogens with one attached hydrogen (secondary N) is 1. The van der Waals surface area contributed by atoms with Crippen molar-refractivity contribution in [2.75, 3.05) is 18.9 Å². The van der Waals surface area contributed by atoms with Gasteiger partial charge >= 0.3 is 0 Å². The fourth-order valence-electron chi connectivity index (χ4n) is 1.39. The maximum absolute atomic E-state index is 11.4. The minimum absolute atomic E-state index is 0.0757. The zero-order valence-electron chi connectivity index (χ0n) is 9.60. The third-order valence-electron chi connectivity index (χ3n) is 2.34. The van der Waals surface area contributed by atoms with E-state index in [9.17, 15) is 4.79 Å². The summed E-state index contributed by atoms with van der Waals surface area (Å²) in [6, 6.07) is 7.38. The molecule has 0 saturated heterocycles. The molecule has 0 spiro atoms. The average molecular weight is 238 g/mol. The van der Waals surface area contributed by atoms with E-state index in [4.69, 9.17) is 15.9 Å². The van der Waals surface area contributed by atoms with Crippen molar-refractivity contribution in [1.29, 1.82) is 0 Å². The minimum atomic E-state index is -0.897. The Morgan fingerprint density at radius 2 is 2.24 bits per heavy atom. The van der Waals surface area contributed by atoms with Crippen molar-refractivity contribution in [2.45, 2.75) is 18.9 Å². The molecule has 1 unspecified atom stereocenters. The van der Waals surface area contributed by atoms with Gasteiger partial charge in [-0.05, 0) is 24.1 Å². The second kappa shape index (κ2) is 6.88. The van der Waals surface area contributed by atoms with Crippen LogP contribution >= 0.6 is 0 Å². The Hall–Kier alpha value is -1.59. The predicted octanol–water partition coefficient (Wildman–Crippen LogP) is -0.329. The SMILES string of the molecule is Nc1cccc(CCC(=O)NCC(O)CO)c1. The van der Waals surface area contributed by atoms with Gasteiger partial charge in [-0.1, -0.05) is 12.1 Å². The minimum Gasteiger partial charge on any atom is -0.399 e. The molecule has 0 heterocycles. The number of benzene rings is 1. The van der Waals surface area contributed by atoms with Crippen LogP contribution in [0.5, 0.6) is 0 Å². The predicted molar refractivity (Wildman–Crippen MR) is 65.3 cm³/mol. The number of amides is 1. The molecule has 1 aromatic rings. The van der Waals surface area contributed by atoms with E-state index >= 15 is 0 Å². The topological polar surface area (TPSA) is 95.6 Å². The largest absolute Gasteiger partial charge is 0.399 e. The number of hydrogen-bond donors (Lipinski definition) is 4. The molecule has 0 bridgehead atoms. The Labute approximate surface area is 100 Å². The van der Waals surface area contributed by atoms with E-state index in [0.29, 0.717) is 18.5 Å².